The molecule has 0 bridgehead atoms. The maximum atomic E-state index is 2.49. The van der Waals surface area contributed by atoms with Gasteiger partial charge in [0.25, 0.3) is 0 Å². The molecule has 39 heavy (non-hydrogen) atoms. The van der Waals surface area contributed by atoms with Crippen LogP contribution >= 0.6 is 0 Å². The first-order valence-corrected chi connectivity index (χ1v) is 14.1. The van der Waals surface area contributed by atoms with E-state index in [-0.39, 0.29) is 11.3 Å². The molecule has 0 saturated heterocycles. The van der Waals surface area contributed by atoms with Crippen molar-refractivity contribution in [2.45, 2.75) is 40.0 Å². The lowest BCUT2D eigenvalue weighted by atomic mass is 9.67. The zero-order chi connectivity index (χ0) is 26.7. The van der Waals surface area contributed by atoms with Gasteiger partial charge < -0.3 is 0 Å². The van der Waals surface area contributed by atoms with E-state index in [4.69, 9.17) is 0 Å². The summed E-state index contributed by atoms with van der Waals surface area (Å²) < 4.78 is 0. The Bertz CT molecular complexity index is 1680. The Morgan fingerprint density at radius 3 is 1.56 bits per heavy atom. The fourth-order valence-electron chi connectivity index (χ4n) is 7.22. The SMILES string of the molecule is Cc1ccccc1-c1ccc2c(c1)C(C(C)(C)C1=CCc3ccccc31)c1cc(-c3ccccc3C)ccc1-2. The van der Waals surface area contributed by atoms with Crippen molar-refractivity contribution in [3.8, 4) is 33.4 Å². The van der Waals surface area contributed by atoms with E-state index in [2.05, 4.69) is 143 Å². The third kappa shape index (κ3) is 3.73. The molecule has 0 unspecified atom stereocenters. The van der Waals surface area contributed by atoms with Crippen LogP contribution in [0.3, 0.4) is 0 Å². The fourth-order valence-corrected chi connectivity index (χ4v) is 7.22. The summed E-state index contributed by atoms with van der Waals surface area (Å²) in [5.74, 6) is 0.257. The first-order valence-electron chi connectivity index (χ1n) is 14.1. The summed E-state index contributed by atoms with van der Waals surface area (Å²) in [5, 5.41) is 0. The number of fused-ring (bicyclic) bond motifs is 4. The van der Waals surface area contributed by atoms with Crippen molar-refractivity contribution >= 4 is 5.57 Å². The Hall–Kier alpha value is -4.16. The maximum absolute atomic E-state index is 2.49. The number of hydrogen-bond acceptors (Lipinski definition) is 0. The van der Waals surface area contributed by atoms with Crippen molar-refractivity contribution < 1.29 is 0 Å². The number of rotatable bonds is 4. The lowest BCUT2D eigenvalue weighted by molar-refractivity contribution is 0.442. The predicted octanol–water partition coefficient (Wildman–Crippen LogP) is 10.4. The minimum Gasteiger partial charge on any atom is -0.0757 e. The zero-order valence-corrected chi connectivity index (χ0v) is 23.3. The van der Waals surface area contributed by atoms with Crippen molar-refractivity contribution in [2.24, 2.45) is 5.41 Å². The van der Waals surface area contributed by atoms with E-state index >= 15 is 0 Å². The molecule has 0 aliphatic heterocycles. The Balaban J connectivity index is 1.45. The third-order valence-corrected chi connectivity index (χ3v) is 9.18. The molecule has 5 aromatic rings. The van der Waals surface area contributed by atoms with Crippen molar-refractivity contribution in [1.82, 2.24) is 0 Å². The largest absolute Gasteiger partial charge is 0.0757 e. The van der Waals surface area contributed by atoms with Gasteiger partial charge in [-0.1, -0.05) is 117 Å². The Kier molecular flexibility index (Phi) is 5.49. The van der Waals surface area contributed by atoms with Crippen LogP contribution < -0.4 is 0 Å². The molecule has 0 fully saturated rings. The lowest BCUT2D eigenvalue weighted by Crippen LogP contribution is -2.23. The average molecular weight is 503 g/mol. The van der Waals surface area contributed by atoms with Crippen LogP contribution in [0.1, 0.15) is 53.1 Å². The van der Waals surface area contributed by atoms with Gasteiger partial charge in [-0.2, -0.15) is 0 Å². The summed E-state index contributed by atoms with van der Waals surface area (Å²) in [6.07, 6.45) is 3.51. The molecule has 0 nitrogen and oxygen atoms in total. The van der Waals surface area contributed by atoms with Crippen LogP contribution in [0.2, 0.25) is 0 Å². The summed E-state index contributed by atoms with van der Waals surface area (Å²) >= 11 is 0. The summed E-state index contributed by atoms with van der Waals surface area (Å²) in [7, 11) is 0. The van der Waals surface area contributed by atoms with Gasteiger partial charge in [0, 0.05) is 11.3 Å². The molecule has 5 aromatic carbocycles. The second kappa shape index (κ2) is 8.95. The third-order valence-electron chi connectivity index (χ3n) is 9.18. The molecule has 0 radical (unpaired) electrons. The van der Waals surface area contributed by atoms with Gasteiger partial charge in [-0.05, 0) is 105 Å². The second-order valence-electron chi connectivity index (χ2n) is 11.9. The molecule has 0 heterocycles. The summed E-state index contributed by atoms with van der Waals surface area (Å²) in [6.45, 7) is 9.36. The van der Waals surface area contributed by atoms with Gasteiger partial charge in [0.05, 0.1) is 0 Å². The van der Waals surface area contributed by atoms with Crippen LogP contribution in [0.25, 0.3) is 39.0 Å². The van der Waals surface area contributed by atoms with Gasteiger partial charge in [-0.25, -0.2) is 0 Å². The van der Waals surface area contributed by atoms with Gasteiger partial charge in [0.1, 0.15) is 0 Å². The minimum atomic E-state index is -0.0820. The predicted molar refractivity (Wildman–Crippen MR) is 166 cm³/mol. The van der Waals surface area contributed by atoms with E-state index in [1.54, 1.807) is 0 Å². The number of hydrogen-bond donors (Lipinski definition) is 0. The molecule has 0 atom stereocenters. The first kappa shape index (κ1) is 23.9. The Labute approximate surface area is 232 Å². The molecule has 190 valence electrons. The van der Waals surface area contributed by atoms with Crippen molar-refractivity contribution in [3.63, 3.8) is 0 Å². The summed E-state index contributed by atoms with van der Waals surface area (Å²) in [4.78, 5) is 0. The van der Waals surface area contributed by atoms with Crippen LogP contribution in [0.15, 0.2) is 115 Å². The van der Waals surface area contributed by atoms with Crippen LogP contribution in [0.5, 0.6) is 0 Å². The molecular weight excluding hydrogens is 468 g/mol. The number of allylic oxidation sites excluding steroid dienone is 2. The molecule has 2 aliphatic carbocycles. The van der Waals surface area contributed by atoms with Crippen molar-refractivity contribution in [1.29, 1.82) is 0 Å². The van der Waals surface area contributed by atoms with Gasteiger partial charge in [0.2, 0.25) is 0 Å². The molecule has 0 heteroatoms. The molecule has 0 saturated carbocycles. The Morgan fingerprint density at radius 2 is 1.03 bits per heavy atom. The molecular formula is C39H34. The highest BCUT2D eigenvalue weighted by Gasteiger charge is 2.43. The standard InChI is InChI=1S/C39H34/c1-25-11-5-8-14-30(25)28-17-20-33-34-21-18-29(31-15-9-6-12-26(31)2)24-36(34)38(35(33)23-28)39(3,4)37-22-19-27-13-7-10-16-32(27)37/h5-18,20-24,38H,19H2,1-4H3. The van der Waals surface area contributed by atoms with Crippen molar-refractivity contribution in [2.75, 3.05) is 0 Å². The normalized spacial score (nSPS) is 14.1. The summed E-state index contributed by atoms with van der Waals surface area (Å²) in [6, 6.07) is 40.8. The van der Waals surface area contributed by atoms with Crippen LogP contribution in [0, 0.1) is 19.3 Å². The van der Waals surface area contributed by atoms with Crippen LogP contribution in [0.4, 0.5) is 0 Å². The Morgan fingerprint density at radius 1 is 0.538 bits per heavy atom. The van der Waals surface area contributed by atoms with Gasteiger partial charge in [-0.3, -0.25) is 0 Å². The van der Waals surface area contributed by atoms with Gasteiger partial charge in [-0.15, -0.1) is 0 Å². The van der Waals surface area contributed by atoms with E-state index in [1.165, 1.54) is 72.3 Å². The zero-order valence-electron chi connectivity index (χ0n) is 23.3. The molecule has 7 rings (SSSR count). The van der Waals surface area contributed by atoms with Crippen LogP contribution in [-0.2, 0) is 6.42 Å². The van der Waals surface area contributed by atoms with Gasteiger partial charge in [0.15, 0.2) is 0 Å². The quantitative estimate of drug-likeness (QED) is 0.229. The average Bonchev–Trinajstić information content (AvgIpc) is 3.53. The van der Waals surface area contributed by atoms with E-state index in [1.807, 2.05) is 0 Å². The molecule has 0 spiro atoms. The minimum absolute atomic E-state index is 0.0820. The summed E-state index contributed by atoms with van der Waals surface area (Å²) in [5.41, 5.74) is 17.8. The molecule has 0 amide bonds. The second-order valence-corrected chi connectivity index (χ2v) is 11.9. The highest BCUT2D eigenvalue weighted by atomic mass is 14.5. The van der Waals surface area contributed by atoms with E-state index in [9.17, 15) is 0 Å². The highest BCUT2D eigenvalue weighted by molar-refractivity contribution is 5.88. The molecule has 0 N–H and O–H groups in total. The lowest BCUT2D eigenvalue weighted by Gasteiger charge is -2.36. The van der Waals surface area contributed by atoms with E-state index in [0.29, 0.717) is 0 Å². The molecule has 2 aliphatic rings. The van der Waals surface area contributed by atoms with Crippen LogP contribution in [-0.4, -0.2) is 0 Å². The van der Waals surface area contributed by atoms with Crippen molar-refractivity contribution in [3.05, 3.63) is 149 Å². The monoisotopic (exact) mass is 502 g/mol. The number of benzene rings is 5. The topological polar surface area (TPSA) is 0 Å². The number of aryl methyl sites for hydroxylation is 2. The van der Waals surface area contributed by atoms with Gasteiger partial charge >= 0.3 is 0 Å². The first-order chi connectivity index (χ1) is 18.9. The fraction of sp³-hybridized carbons (Fsp3) is 0.179. The smallest absolute Gasteiger partial charge is 0.0194 e. The highest BCUT2D eigenvalue weighted by Crippen LogP contribution is 2.59. The van der Waals surface area contributed by atoms with E-state index in [0.717, 1.165) is 6.42 Å². The van der Waals surface area contributed by atoms with E-state index < -0.39 is 0 Å². The molecule has 0 aromatic heterocycles. The maximum Gasteiger partial charge on any atom is 0.0194 e.